The summed E-state index contributed by atoms with van der Waals surface area (Å²) in [4.78, 5) is 0. The van der Waals surface area contributed by atoms with Crippen molar-refractivity contribution < 1.29 is 9.13 Å². The first-order valence-electron chi connectivity index (χ1n) is 6.77. The zero-order valence-electron chi connectivity index (χ0n) is 11.8. The Morgan fingerprint density at radius 1 is 1.28 bits per heavy atom. The van der Waals surface area contributed by atoms with Crippen LogP contribution in [0.3, 0.4) is 0 Å². The Morgan fingerprint density at radius 3 is 2.61 bits per heavy atom. The summed E-state index contributed by atoms with van der Waals surface area (Å²) >= 11 is 0. The molecule has 0 aliphatic rings. The monoisotopic (exact) mass is 253 g/mol. The first kappa shape index (κ1) is 15.0. The molecule has 0 fully saturated rings. The third kappa shape index (κ3) is 4.30. The van der Waals surface area contributed by atoms with Gasteiger partial charge in [-0.05, 0) is 51.4 Å². The number of benzene rings is 1. The van der Waals surface area contributed by atoms with E-state index in [4.69, 9.17) is 4.74 Å². The predicted octanol–water partition coefficient (Wildman–Crippen LogP) is 4.06. The van der Waals surface area contributed by atoms with E-state index in [-0.39, 0.29) is 18.0 Å². The second-order valence-electron chi connectivity index (χ2n) is 4.69. The fourth-order valence-corrected chi connectivity index (χ4v) is 1.74. The van der Waals surface area contributed by atoms with Crippen LogP contribution in [-0.2, 0) is 0 Å². The molecule has 0 heterocycles. The summed E-state index contributed by atoms with van der Waals surface area (Å²) in [6.45, 7) is 9.17. The molecule has 1 N–H and O–H groups in total. The standard InChI is InChI=1S/C15H24FNO/c1-5-9-17-12(4)14-10-13(16)7-8-15(14)18-11(3)6-2/h7-8,10-12,17H,5-6,9H2,1-4H3. The summed E-state index contributed by atoms with van der Waals surface area (Å²) in [5.74, 6) is 0.563. The number of nitrogens with one attached hydrogen (secondary N) is 1. The number of rotatable bonds is 7. The van der Waals surface area contributed by atoms with E-state index in [0.717, 1.165) is 30.7 Å². The average Bonchev–Trinajstić information content (AvgIpc) is 2.37. The van der Waals surface area contributed by atoms with Gasteiger partial charge in [0.1, 0.15) is 11.6 Å². The number of hydrogen-bond acceptors (Lipinski definition) is 2. The molecular formula is C15H24FNO. The van der Waals surface area contributed by atoms with Crippen molar-refractivity contribution in [1.82, 2.24) is 5.32 Å². The molecule has 18 heavy (non-hydrogen) atoms. The molecule has 0 amide bonds. The molecule has 3 heteroatoms. The van der Waals surface area contributed by atoms with Crippen molar-refractivity contribution in [3.05, 3.63) is 29.6 Å². The first-order valence-corrected chi connectivity index (χ1v) is 6.77. The summed E-state index contributed by atoms with van der Waals surface area (Å²) < 4.78 is 19.2. The lowest BCUT2D eigenvalue weighted by atomic mass is 10.1. The van der Waals surface area contributed by atoms with Crippen LogP contribution in [-0.4, -0.2) is 12.6 Å². The van der Waals surface area contributed by atoms with Gasteiger partial charge >= 0.3 is 0 Å². The van der Waals surface area contributed by atoms with Crippen molar-refractivity contribution in [3.8, 4) is 5.75 Å². The lowest BCUT2D eigenvalue weighted by Gasteiger charge is -2.20. The smallest absolute Gasteiger partial charge is 0.124 e. The second kappa shape index (κ2) is 7.37. The Hall–Kier alpha value is -1.09. The maximum absolute atomic E-state index is 13.4. The van der Waals surface area contributed by atoms with Gasteiger partial charge < -0.3 is 10.1 Å². The lowest BCUT2D eigenvalue weighted by molar-refractivity contribution is 0.213. The van der Waals surface area contributed by atoms with Crippen molar-refractivity contribution in [1.29, 1.82) is 0 Å². The summed E-state index contributed by atoms with van der Waals surface area (Å²) in [5, 5.41) is 3.36. The first-order chi connectivity index (χ1) is 8.58. The number of hydrogen-bond donors (Lipinski definition) is 1. The molecule has 2 atom stereocenters. The van der Waals surface area contributed by atoms with Gasteiger partial charge in [-0.1, -0.05) is 13.8 Å². The second-order valence-corrected chi connectivity index (χ2v) is 4.69. The SMILES string of the molecule is CCCNC(C)c1cc(F)ccc1OC(C)CC. The molecule has 1 aromatic rings. The average molecular weight is 253 g/mol. The highest BCUT2D eigenvalue weighted by atomic mass is 19.1. The van der Waals surface area contributed by atoms with E-state index in [2.05, 4.69) is 19.2 Å². The predicted molar refractivity (Wildman–Crippen MR) is 73.5 cm³/mol. The van der Waals surface area contributed by atoms with Gasteiger partial charge in [0, 0.05) is 11.6 Å². The Balaban J connectivity index is 2.88. The van der Waals surface area contributed by atoms with E-state index >= 15 is 0 Å². The number of halogens is 1. The van der Waals surface area contributed by atoms with Crippen LogP contribution < -0.4 is 10.1 Å². The largest absolute Gasteiger partial charge is 0.490 e. The zero-order valence-corrected chi connectivity index (χ0v) is 11.8. The third-order valence-electron chi connectivity index (χ3n) is 3.04. The van der Waals surface area contributed by atoms with Crippen molar-refractivity contribution in [2.75, 3.05) is 6.54 Å². The highest BCUT2D eigenvalue weighted by molar-refractivity contribution is 5.36. The van der Waals surface area contributed by atoms with E-state index in [9.17, 15) is 4.39 Å². The van der Waals surface area contributed by atoms with Crippen LogP contribution in [0.2, 0.25) is 0 Å². The van der Waals surface area contributed by atoms with Gasteiger partial charge in [0.2, 0.25) is 0 Å². The van der Waals surface area contributed by atoms with Crippen LogP contribution in [0.25, 0.3) is 0 Å². The van der Waals surface area contributed by atoms with E-state index in [1.165, 1.54) is 6.07 Å². The lowest BCUT2D eigenvalue weighted by Crippen LogP contribution is -2.21. The summed E-state index contributed by atoms with van der Waals surface area (Å²) in [6.07, 6.45) is 2.14. The van der Waals surface area contributed by atoms with Crippen LogP contribution in [0.5, 0.6) is 5.75 Å². The minimum Gasteiger partial charge on any atom is -0.490 e. The van der Waals surface area contributed by atoms with Crippen LogP contribution in [0.4, 0.5) is 4.39 Å². The minimum atomic E-state index is -0.216. The molecule has 0 aliphatic carbocycles. The van der Waals surface area contributed by atoms with Gasteiger partial charge in [-0.3, -0.25) is 0 Å². The van der Waals surface area contributed by atoms with Crippen molar-refractivity contribution in [3.63, 3.8) is 0 Å². The Labute approximate surface area is 110 Å². The van der Waals surface area contributed by atoms with Crippen molar-refractivity contribution >= 4 is 0 Å². The molecule has 0 radical (unpaired) electrons. The molecule has 0 aliphatic heterocycles. The Kier molecular flexibility index (Phi) is 6.13. The minimum absolute atomic E-state index is 0.0970. The molecule has 2 nitrogen and oxygen atoms in total. The molecule has 0 spiro atoms. The molecule has 2 unspecified atom stereocenters. The van der Waals surface area contributed by atoms with Gasteiger partial charge in [-0.2, -0.15) is 0 Å². The quantitative estimate of drug-likeness (QED) is 0.791. The topological polar surface area (TPSA) is 21.3 Å². The van der Waals surface area contributed by atoms with Crippen molar-refractivity contribution in [2.24, 2.45) is 0 Å². The Morgan fingerprint density at radius 2 is 2.00 bits per heavy atom. The molecule has 102 valence electrons. The van der Waals surface area contributed by atoms with Gasteiger partial charge in [0.15, 0.2) is 0 Å². The number of ether oxygens (including phenoxy) is 1. The van der Waals surface area contributed by atoms with E-state index in [0.29, 0.717) is 0 Å². The van der Waals surface area contributed by atoms with Crippen molar-refractivity contribution in [2.45, 2.75) is 52.7 Å². The van der Waals surface area contributed by atoms with Crippen LogP contribution in [0.15, 0.2) is 18.2 Å². The Bertz CT molecular complexity index is 368. The summed E-state index contributed by atoms with van der Waals surface area (Å²) in [5.41, 5.74) is 0.892. The fraction of sp³-hybridized carbons (Fsp3) is 0.600. The molecule has 1 aromatic carbocycles. The normalized spacial score (nSPS) is 14.3. The molecule has 1 rings (SSSR count). The third-order valence-corrected chi connectivity index (χ3v) is 3.04. The van der Waals surface area contributed by atoms with Crippen LogP contribution in [0.1, 0.15) is 52.1 Å². The maximum Gasteiger partial charge on any atom is 0.124 e. The molecular weight excluding hydrogens is 229 g/mol. The van der Waals surface area contributed by atoms with E-state index in [1.807, 2.05) is 13.8 Å². The van der Waals surface area contributed by atoms with Crippen LogP contribution >= 0.6 is 0 Å². The van der Waals surface area contributed by atoms with Gasteiger partial charge in [0.05, 0.1) is 6.10 Å². The van der Waals surface area contributed by atoms with Gasteiger partial charge in [-0.25, -0.2) is 4.39 Å². The highest BCUT2D eigenvalue weighted by Crippen LogP contribution is 2.27. The highest BCUT2D eigenvalue weighted by Gasteiger charge is 2.14. The fourth-order valence-electron chi connectivity index (χ4n) is 1.74. The zero-order chi connectivity index (χ0) is 13.5. The van der Waals surface area contributed by atoms with E-state index < -0.39 is 0 Å². The molecule has 0 saturated heterocycles. The van der Waals surface area contributed by atoms with Crippen LogP contribution in [0, 0.1) is 5.82 Å². The van der Waals surface area contributed by atoms with E-state index in [1.54, 1.807) is 12.1 Å². The maximum atomic E-state index is 13.4. The van der Waals surface area contributed by atoms with Gasteiger partial charge in [0.25, 0.3) is 0 Å². The molecule has 0 bridgehead atoms. The summed E-state index contributed by atoms with van der Waals surface area (Å²) in [7, 11) is 0. The molecule has 0 aromatic heterocycles. The summed E-state index contributed by atoms with van der Waals surface area (Å²) in [6, 6.07) is 4.83. The molecule has 0 saturated carbocycles. The van der Waals surface area contributed by atoms with Gasteiger partial charge in [-0.15, -0.1) is 0 Å².